The molecule has 2 rings (SSSR count). The maximum atomic E-state index is 11.6. The zero-order valence-electron chi connectivity index (χ0n) is 12.0. The molecule has 1 amide bonds. The van der Waals surface area contributed by atoms with E-state index in [1.807, 2.05) is 4.72 Å². The van der Waals surface area contributed by atoms with E-state index in [4.69, 9.17) is 0 Å². The Hall–Kier alpha value is -2.59. The van der Waals surface area contributed by atoms with Crippen LogP contribution >= 0.6 is 0 Å². The molecule has 0 aromatic carbocycles. The number of rotatable bonds is 4. The Balaban J connectivity index is 2.04. The first-order valence-corrected chi connectivity index (χ1v) is 7.62. The molecule has 2 N–H and O–H groups in total. The zero-order valence-corrected chi connectivity index (χ0v) is 12.8. The summed E-state index contributed by atoms with van der Waals surface area (Å²) in [5.41, 5.74) is 3.52. The first-order valence-electron chi connectivity index (χ1n) is 6.18. The topological polar surface area (TPSA) is 107 Å². The summed E-state index contributed by atoms with van der Waals surface area (Å²) in [5.74, 6) is -0.246. The van der Waals surface area contributed by atoms with Gasteiger partial charge in [-0.05, 0) is 6.07 Å². The van der Waals surface area contributed by atoms with E-state index in [1.165, 1.54) is 18.8 Å². The zero-order chi connectivity index (χ0) is 16.2. The van der Waals surface area contributed by atoms with Gasteiger partial charge in [0.1, 0.15) is 0 Å². The van der Waals surface area contributed by atoms with Gasteiger partial charge in [0.2, 0.25) is 6.20 Å². The highest BCUT2D eigenvalue weighted by Crippen LogP contribution is 2.10. The SMILES string of the molecule is CN(C)S(=O)(=O)NC(=O)C=[N+]1C=CC(c2ncccn2)=CN1. The van der Waals surface area contributed by atoms with Gasteiger partial charge in [0.25, 0.3) is 6.21 Å². The Kier molecular flexibility index (Phi) is 4.63. The number of nitrogens with zero attached hydrogens (tertiary/aromatic N) is 4. The monoisotopic (exact) mass is 323 g/mol. The van der Waals surface area contributed by atoms with Crippen molar-refractivity contribution in [1.82, 2.24) is 24.4 Å². The third kappa shape index (κ3) is 3.96. The summed E-state index contributed by atoms with van der Waals surface area (Å²) in [4.78, 5) is 19.8. The smallest absolute Gasteiger partial charge is 0.262 e. The number of aromatic nitrogens is 2. The molecule has 22 heavy (non-hydrogen) atoms. The minimum atomic E-state index is -3.81. The van der Waals surface area contributed by atoms with E-state index in [0.717, 1.165) is 16.1 Å². The first-order chi connectivity index (χ1) is 10.4. The van der Waals surface area contributed by atoms with Crippen molar-refractivity contribution in [3.63, 3.8) is 0 Å². The number of allylic oxidation sites excluding steroid dienone is 2. The molecule has 0 fully saturated rings. The fourth-order valence-corrected chi connectivity index (χ4v) is 1.92. The second-order valence-electron chi connectivity index (χ2n) is 4.41. The fraction of sp³-hybridized carbons (Fsp3) is 0.167. The standard InChI is InChI=1S/C12H14N6O3S/c1-17(2)22(20,21)16-11(19)9-18-7-4-10(8-15-18)12-13-5-3-6-14-12/h3-9H,1-2H3,(H-,13,14,15,16,19)/p+1. The van der Waals surface area contributed by atoms with E-state index in [0.29, 0.717) is 5.82 Å². The van der Waals surface area contributed by atoms with Crippen LogP contribution in [-0.4, -0.2) is 53.6 Å². The average molecular weight is 323 g/mol. The quantitative estimate of drug-likeness (QED) is 0.678. The van der Waals surface area contributed by atoms with Crippen molar-refractivity contribution in [2.45, 2.75) is 0 Å². The highest BCUT2D eigenvalue weighted by molar-refractivity contribution is 7.87. The van der Waals surface area contributed by atoms with Crippen LogP contribution in [0.25, 0.3) is 5.57 Å². The molecular formula is C12H15N6O3S+. The van der Waals surface area contributed by atoms with E-state index in [-0.39, 0.29) is 0 Å². The van der Waals surface area contributed by atoms with Gasteiger partial charge in [-0.2, -0.15) is 18.1 Å². The van der Waals surface area contributed by atoms with Crippen LogP contribution in [0.3, 0.4) is 0 Å². The number of hydrazine groups is 1. The van der Waals surface area contributed by atoms with Crippen LogP contribution in [0.15, 0.2) is 36.9 Å². The van der Waals surface area contributed by atoms with Gasteiger partial charge in [0.15, 0.2) is 5.82 Å². The van der Waals surface area contributed by atoms with Crippen LogP contribution in [0.5, 0.6) is 0 Å². The second kappa shape index (κ2) is 6.45. The Bertz CT molecular complexity index is 752. The molecule has 1 aromatic heterocycles. The van der Waals surface area contributed by atoms with Gasteiger partial charge in [-0.25, -0.2) is 14.7 Å². The van der Waals surface area contributed by atoms with Crippen molar-refractivity contribution >= 4 is 27.9 Å². The highest BCUT2D eigenvalue weighted by Gasteiger charge is 2.19. The summed E-state index contributed by atoms with van der Waals surface area (Å²) in [5, 5.41) is 0. The minimum absolute atomic E-state index is 0.533. The lowest BCUT2D eigenvalue weighted by Gasteiger charge is -2.10. The number of nitrogens with one attached hydrogen (secondary N) is 2. The molecule has 0 spiro atoms. The Labute approximate surface area is 127 Å². The summed E-state index contributed by atoms with van der Waals surface area (Å²) in [6, 6.07) is 1.71. The van der Waals surface area contributed by atoms with Crippen molar-refractivity contribution in [3.8, 4) is 0 Å². The molecule has 0 atom stereocenters. The van der Waals surface area contributed by atoms with Crippen LogP contribution < -0.4 is 10.1 Å². The number of hydrazone groups is 1. The molecule has 0 saturated carbocycles. The summed E-state index contributed by atoms with van der Waals surface area (Å²) < 4.78 is 27.1. The Morgan fingerprint density at radius 2 is 2.05 bits per heavy atom. The van der Waals surface area contributed by atoms with Crippen molar-refractivity contribution in [3.05, 3.63) is 42.8 Å². The van der Waals surface area contributed by atoms with Gasteiger partial charge < -0.3 is 0 Å². The minimum Gasteiger partial charge on any atom is -0.262 e. The molecule has 0 bridgehead atoms. The van der Waals surface area contributed by atoms with Crippen LogP contribution in [0.4, 0.5) is 0 Å². The number of carbonyl (C=O) groups excluding carboxylic acids is 1. The first kappa shape index (κ1) is 15.8. The molecule has 1 aliphatic heterocycles. The van der Waals surface area contributed by atoms with E-state index >= 15 is 0 Å². The molecule has 0 aliphatic carbocycles. The van der Waals surface area contributed by atoms with Crippen molar-refractivity contribution in [2.24, 2.45) is 0 Å². The van der Waals surface area contributed by atoms with E-state index in [9.17, 15) is 13.2 Å². The summed E-state index contributed by atoms with van der Waals surface area (Å²) in [6.07, 6.45) is 9.14. The fourth-order valence-electron chi connectivity index (χ4n) is 1.43. The van der Waals surface area contributed by atoms with Crippen LogP contribution in [0.1, 0.15) is 5.82 Å². The van der Waals surface area contributed by atoms with Gasteiger partial charge >= 0.3 is 16.1 Å². The van der Waals surface area contributed by atoms with E-state index in [2.05, 4.69) is 15.4 Å². The van der Waals surface area contributed by atoms with Gasteiger partial charge in [-0.15, -0.1) is 0 Å². The normalized spacial score (nSPS) is 16.3. The van der Waals surface area contributed by atoms with Gasteiger partial charge in [-0.1, -0.05) is 4.68 Å². The van der Waals surface area contributed by atoms with Crippen molar-refractivity contribution in [2.75, 3.05) is 14.1 Å². The largest absolute Gasteiger partial charge is 0.325 e. The Morgan fingerprint density at radius 1 is 1.36 bits per heavy atom. The molecule has 0 saturated heterocycles. The predicted octanol–water partition coefficient (Wildman–Crippen LogP) is -1.14. The molecule has 0 unspecified atom stereocenters. The van der Waals surface area contributed by atoms with Gasteiger partial charge in [0.05, 0.1) is 6.20 Å². The van der Waals surface area contributed by atoms with Crippen LogP contribution in [0.2, 0.25) is 0 Å². The van der Waals surface area contributed by atoms with Crippen LogP contribution in [0, 0.1) is 0 Å². The van der Waals surface area contributed by atoms with Gasteiger partial charge in [-0.3, -0.25) is 4.79 Å². The summed E-state index contributed by atoms with van der Waals surface area (Å²) >= 11 is 0. The summed E-state index contributed by atoms with van der Waals surface area (Å²) in [7, 11) is -1.17. The predicted molar refractivity (Wildman–Crippen MR) is 79.4 cm³/mol. The molecule has 116 valence electrons. The molecular weight excluding hydrogens is 308 g/mol. The highest BCUT2D eigenvalue weighted by atomic mass is 32.2. The van der Waals surface area contributed by atoms with Crippen molar-refractivity contribution < 1.29 is 17.9 Å². The molecule has 1 aliphatic rings. The lowest BCUT2D eigenvalue weighted by molar-refractivity contribution is -0.506. The van der Waals surface area contributed by atoms with Gasteiger partial charge in [0, 0.05) is 38.1 Å². The van der Waals surface area contributed by atoms with E-state index in [1.54, 1.807) is 36.9 Å². The lowest BCUT2D eigenvalue weighted by Crippen LogP contribution is -2.41. The molecule has 9 nitrogen and oxygen atoms in total. The number of hydrogen-bond donors (Lipinski definition) is 2. The third-order valence-electron chi connectivity index (χ3n) is 2.57. The van der Waals surface area contributed by atoms with Crippen LogP contribution in [-0.2, 0) is 15.0 Å². The average Bonchev–Trinajstić information content (AvgIpc) is 2.48. The maximum absolute atomic E-state index is 11.6. The molecule has 10 heteroatoms. The molecule has 2 heterocycles. The third-order valence-corrected chi connectivity index (χ3v) is 3.99. The molecule has 1 aromatic rings. The second-order valence-corrected chi connectivity index (χ2v) is 6.29. The number of amides is 1. The lowest BCUT2D eigenvalue weighted by atomic mass is 10.2. The Morgan fingerprint density at radius 3 is 2.59 bits per heavy atom. The van der Waals surface area contributed by atoms with E-state index < -0.39 is 16.1 Å². The van der Waals surface area contributed by atoms with Crippen molar-refractivity contribution in [1.29, 1.82) is 0 Å². The summed E-state index contributed by atoms with van der Waals surface area (Å²) in [6.45, 7) is 0. The molecule has 0 radical (unpaired) electrons. The maximum Gasteiger partial charge on any atom is 0.325 e. The number of hydrogen-bond acceptors (Lipinski definition) is 6. The number of carbonyl (C=O) groups is 1.